The van der Waals surface area contributed by atoms with E-state index in [9.17, 15) is 18.0 Å². The summed E-state index contributed by atoms with van der Waals surface area (Å²) in [5, 5.41) is 2.65. The summed E-state index contributed by atoms with van der Waals surface area (Å²) < 4.78 is 37.7. The van der Waals surface area contributed by atoms with E-state index in [1.165, 1.54) is 16.4 Å². The van der Waals surface area contributed by atoms with Crippen molar-refractivity contribution in [3.05, 3.63) is 54.1 Å². The highest BCUT2D eigenvalue weighted by Crippen LogP contribution is 2.22. The average molecular weight is 418 g/mol. The molecule has 1 amide bonds. The molecule has 0 saturated carbocycles. The average Bonchev–Trinajstić information content (AvgIpc) is 2.75. The first-order chi connectivity index (χ1) is 13.9. The standard InChI is InChI=1S/C20H22N2O6S/c1-15(28-19-8-3-2-5-16(19)14-23)20(24)21-17-6-4-7-18(13-17)29(25,26)22-9-11-27-12-10-22/h2-8,13-15H,9-12H2,1H3,(H,21,24)/t15-/m0/s1. The molecule has 0 radical (unpaired) electrons. The smallest absolute Gasteiger partial charge is 0.265 e. The van der Waals surface area contributed by atoms with Crippen LogP contribution in [0.15, 0.2) is 53.4 Å². The van der Waals surface area contributed by atoms with E-state index in [1.54, 1.807) is 43.3 Å². The lowest BCUT2D eigenvalue weighted by molar-refractivity contribution is -0.122. The van der Waals surface area contributed by atoms with Crippen molar-refractivity contribution in [1.29, 1.82) is 0 Å². The highest BCUT2D eigenvalue weighted by molar-refractivity contribution is 7.89. The highest BCUT2D eigenvalue weighted by Gasteiger charge is 2.26. The fraction of sp³-hybridized carbons (Fsp3) is 0.300. The fourth-order valence-corrected chi connectivity index (χ4v) is 4.30. The summed E-state index contributed by atoms with van der Waals surface area (Å²) in [5.74, 6) is -0.166. The van der Waals surface area contributed by atoms with E-state index in [-0.39, 0.29) is 4.90 Å². The van der Waals surface area contributed by atoms with Gasteiger partial charge in [0, 0.05) is 18.8 Å². The molecular formula is C20H22N2O6S. The molecule has 0 aliphatic carbocycles. The SMILES string of the molecule is C[C@H](Oc1ccccc1C=O)C(=O)Nc1cccc(S(=O)(=O)N2CCOCC2)c1. The third kappa shape index (κ3) is 5.00. The minimum Gasteiger partial charge on any atom is -0.480 e. The van der Waals surface area contributed by atoms with E-state index < -0.39 is 22.0 Å². The molecule has 29 heavy (non-hydrogen) atoms. The molecular weight excluding hydrogens is 396 g/mol. The summed E-state index contributed by atoms with van der Waals surface area (Å²) in [4.78, 5) is 23.7. The zero-order chi connectivity index (χ0) is 20.9. The van der Waals surface area contributed by atoms with E-state index in [2.05, 4.69) is 5.32 Å². The van der Waals surface area contributed by atoms with Crippen molar-refractivity contribution in [1.82, 2.24) is 4.31 Å². The first kappa shape index (κ1) is 21.0. The Bertz CT molecular complexity index is 986. The number of nitrogens with zero attached hydrogens (tertiary/aromatic N) is 1. The van der Waals surface area contributed by atoms with Gasteiger partial charge in [-0.05, 0) is 37.3 Å². The maximum absolute atomic E-state index is 12.8. The van der Waals surface area contributed by atoms with Crippen molar-refractivity contribution in [3.8, 4) is 5.75 Å². The molecule has 1 N–H and O–H groups in total. The molecule has 1 atom stereocenters. The summed E-state index contributed by atoms with van der Waals surface area (Å²) in [6, 6.07) is 12.7. The fourth-order valence-electron chi connectivity index (χ4n) is 2.84. The quantitative estimate of drug-likeness (QED) is 0.690. The second-order valence-electron chi connectivity index (χ2n) is 6.45. The van der Waals surface area contributed by atoms with Crippen LogP contribution >= 0.6 is 0 Å². The molecule has 1 aliphatic heterocycles. The lowest BCUT2D eigenvalue weighted by Crippen LogP contribution is -2.40. The molecule has 8 nitrogen and oxygen atoms in total. The number of carbonyl (C=O) groups excluding carboxylic acids is 2. The number of hydrogen-bond donors (Lipinski definition) is 1. The largest absolute Gasteiger partial charge is 0.480 e. The second kappa shape index (κ2) is 9.17. The van der Waals surface area contributed by atoms with E-state index in [0.29, 0.717) is 49.6 Å². The lowest BCUT2D eigenvalue weighted by atomic mass is 10.2. The molecule has 0 aromatic heterocycles. The van der Waals surface area contributed by atoms with Crippen LogP contribution in [0.1, 0.15) is 17.3 Å². The zero-order valence-electron chi connectivity index (χ0n) is 15.9. The molecule has 0 unspecified atom stereocenters. The Balaban J connectivity index is 1.70. The van der Waals surface area contributed by atoms with Gasteiger partial charge in [0.25, 0.3) is 5.91 Å². The minimum absolute atomic E-state index is 0.0945. The number of carbonyl (C=O) groups is 2. The van der Waals surface area contributed by atoms with E-state index in [0.717, 1.165) is 0 Å². The molecule has 3 rings (SSSR count). The van der Waals surface area contributed by atoms with Gasteiger partial charge >= 0.3 is 0 Å². The molecule has 1 fully saturated rings. The number of benzene rings is 2. The van der Waals surface area contributed by atoms with Crippen LogP contribution in [0.5, 0.6) is 5.75 Å². The van der Waals surface area contributed by atoms with Gasteiger partial charge in [-0.3, -0.25) is 9.59 Å². The van der Waals surface area contributed by atoms with Crippen LogP contribution < -0.4 is 10.1 Å². The number of amides is 1. The Morgan fingerprint density at radius 1 is 1.17 bits per heavy atom. The molecule has 9 heteroatoms. The van der Waals surface area contributed by atoms with Gasteiger partial charge < -0.3 is 14.8 Å². The van der Waals surface area contributed by atoms with E-state index in [4.69, 9.17) is 9.47 Å². The number of ether oxygens (including phenoxy) is 2. The Morgan fingerprint density at radius 2 is 1.90 bits per heavy atom. The topological polar surface area (TPSA) is 102 Å². The molecule has 1 aliphatic rings. The van der Waals surface area contributed by atoms with Gasteiger partial charge in [0.2, 0.25) is 10.0 Å². The van der Waals surface area contributed by atoms with Gasteiger partial charge in [-0.15, -0.1) is 0 Å². The Hall–Kier alpha value is -2.75. The summed E-state index contributed by atoms with van der Waals surface area (Å²) in [7, 11) is -3.67. The Morgan fingerprint density at radius 3 is 2.62 bits per heavy atom. The molecule has 1 heterocycles. The van der Waals surface area contributed by atoms with Crippen LogP contribution in [-0.4, -0.2) is 57.3 Å². The molecule has 1 saturated heterocycles. The summed E-state index contributed by atoms with van der Waals surface area (Å²) >= 11 is 0. The molecule has 154 valence electrons. The second-order valence-corrected chi connectivity index (χ2v) is 8.39. The predicted molar refractivity (Wildman–Crippen MR) is 107 cm³/mol. The monoisotopic (exact) mass is 418 g/mol. The van der Waals surface area contributed by atoms with Crippen LogP contribution in [0.4, 0.5) is 5.69 Å². The van der Waals surface area contributed by atoms with Gasteiger partial charge in [0.15, 0.2) is 12.4 Å². The molecule has 0 bridgehead atoms. The number of hydrogen-bond acceptors (Lipinski definition) is 6. The number of aldehydes is 1. The molecule has 0 spiro atoms. The van der Waals surface area contributed by atoms with Crippen LogP contribution in [-0.2, 0) is 19.6 Å². The normalized spacial score (nSPS) is 16.0. The van der Waals surface area contributed by atoms with Crippen molar-refractivity contribution in [2.24, 2.45) is 0 Å². The molecule has 2 aromatic carbocycles. The van der Waals surface area contributed by atoms with Crippen LogP contribution in [0.25, 0.3) is 0 Å². The maximum Gasteiger partial charge on any atom is 0.265 e. The third-order valence-electron chi connectivity index (χ3n) is 4.43. The van der Waals surface area contributed by atoms with Crippen LogP contribution in [0.2, 0.25) is 0 Å². The number of nitrogens with one attached hydrogen (secondary N) is 1. The van der Waals surface area contributed by atoms with Crippen molar-refractivity contribution >= 4 is 27.9 Å². The first-order valence-corrected chi connectivity index (χ1v) is 10.6. The molecule has 2 aromatic rings. The Labute approximate surface area is 169 Å². The maximum atomic E-state index is 12.8. The summed E-state index contributed by atoms with van der Waals surface area (Å²) in [5.41, 5.74) is 0.675. The zero-order valence-corrected chi connectivity index (χ0v) is 16.7. The number of rotatable bonds is 7. The number of morpholine rings is 1. The number of anilines is 1. The lowest BCUT2D eigenvalue weighted by Gasteiger charge is -2.26. The van der Waals surface area contributed by atoms with Crippen molar-refractivity contribution in [3.63, 3.8) is 0 Å². The third-order valence-corrected chi connectivity index (χ3v) is 6.32. The van der Waals surface area contributed by atoms with Crippen LogP contribution in [0, 0.1) is 0 Å². The van der Waals surface area contributed by atoms with Crippen molar-refractivity contribution in [2.45, 2.75) is 17.9 Å². The van der Waals surface area contributed by atoms with E-state index in [1.807, 2.05) is 0 Å². The van der Waals surface area contributed by atoms with Gasteiger partial charge in [-0.25, -0.2) is 8.42 Å². The summed E-state index contributed by atoms with van der Waals surface area (Å²) in [6.07, 6.45) is -0.240. The Kier molecular flexibility index (Phi) is 6.63. The predicted octanol–water partition coefficient (Wildman–Crippen LogP) is 1.93. The highest BCUT2D eigenvalue weighted by atomic mass is 32.2. The first-order valence-electron chi connectivity index (χ1n) is 9.11. The number of para-hydroxylation sites is 1. The van der Waals surface area contributed by atoms with Crippen molar-refractivity contribution in [2.75, 3.05) is 31.6 Å². The van der Waals surface area contributed by atoms with Gasteiger partial charge in [-0.1, -0.05) is 18.2 Å². The van der Waals surface area contributed by atoms with E-state index >= 15 is 0 Å². The van der Waals surface area contributed by atoms with Gasteiger partial charge in [0.1, 0.15) is 5.75 Å². The number of sulfonamides is 1. The van der Waals surface area contributed by atoms with Gasteiger partial charge in [-0.2, -0.15) is 4.31 Å². The summed E-state index contributed by atoms with van der Waals surface area (Å²) in [6.45, 7) is 2.84. The van der Waals surface area contributed by atoms with Crippen molar-refractivity contribution < 1.29 is 27.5 Å². The van der Waals surface area contributed by atoms with Crippen LogP contribution in [0.3, 0.4) is 0 Å². The minimum atomic E-state index is -3.67. The van der Waals surface area contributed by atoms with Gasteiger partial charge in [0.05, 0.1) is 23.7 Å².